The van der Waals surface area contributed by atoms with Crippen LogP contribution in [0.5, 0.6) is 0 Å². The van der Waals surface area contributed by atoms with E-state index in [0.717, 1.165) is 28.3 Å². The molecule has 3 aliphatic rings. The number of carbonyl (C=O) groups is 4. The third-order valence-electron chi connectivity index (χ3n) is 7.62. The molecule has 5 heterocycles. The summed E-state index contributed by atoms with van der Waals surface area (Å²) in [6.07, 6.45) is 11.3. The maximum Gasteiger partial charge on any atom is 0.303 e. The van der Waals surface area contributed by atoms with E-state index in [1.54, 1.807) is 28.5 Å². The first-order valence-electron chi connectivity index (χ1n) is 13.2. The number of pyridine rings is 1. The van der Waals surface area contributed by atoms with Crippen molar-refractivity contribution < 1.29 is 24.3 Å². The topological polar surface area (TPSA) is 133 Å². The summed E-state index contributed by atoms with van der Waals surface area (Å²) in [5.41, 5.74) is 2.02. The van der Waals surface area contributed by atoms with Crippen LogP contribution in [0, 0.1) is 5.41 Å². The summed E-state index contributed by atoms with van der Waals surface area (Å²) in [5, 5.41) is 15.4. The Labute approximate surface area is 230 Å². The van der Waals surface area contributed by atoms with Crippen molar-refractivity contribution in [3.05, 3.63) is 57.7 Å². The highest BCUT2D eigenvalue weighted by atomic mass is 32.1. The lowest BCUT2D eigenvalue weighted by Crippen LogP contribution is -2.55. The van der Waals surface area contributed by atoms with E-state index in [9.17, 15) is 19.2 Å². The van der Waals surface area contributed by atoms with Gasteiger partial charge in [-0.05, 0) is 62.0 Å². The monoisotopic (exact) mass is 549 g/mol. The molecule has 2 aromatic heterocycles. The first kappa shape index (κ1) is 26.9. The average molecular weight is 550 g/mol. The smallest absolute Gasteiger partial charge is 0.303 e. The third-order valence-corrected chi connectivity index (χ3v) is 8.40. The molecule has 1 saturated heterocycles. The number of piperidine rings is 1. The molecule has 3 amide bonds. The molecule has 0 saturated carbocycles. The van der Waals surface area contributed by atoms with Crippen LogP contribution in [-0.4, -0.2) is 69.8 Å². The number of nitrogens with one attached hydrogen (secondary N) is 1. The average Bonchev–Trinajstić information content (AvgIpc) is 3.45. The van der Waals surface area contributed by atoms with E-state index in [4.69, 9.17) is 5.11 Å². The van der Waals surface area contributed by atoms with Gasteiger partial charge in [0, 0.05) is 49.8 Å². The van der Waals surface area contributed by atoms with Gasteiger partial charge in [-0.3, -0.25) is 19.2 Å². The maximum absolute atomic E-state index is 13.6. The van der Waals surface area contributed by atoms with Crippen LogP contribution in [0.3, 0.4) is 0 Å². The van der Waals surface area contributed by atoms with Gasteiger partial charge in [-0.2, -0.15) is 0 Å². The number of imide groups is 1. The molecule has 1 fully saturated rings. The number of thiazole rings is 1. The van der Waals surface area contributed by atoms with Gasteiger partial charge >= 0.3 is 5.97 Å². The van der Waals surface area contributed by atoms with Crippen LogP contribution in [0.1, 0.15) is 48.2 Å². The van der Waals surface area contributed by atoms with Crippen LogP contribution in [0.25, 0.3) is 6.08 Å². The Bertz CT molecular complexity index is 1330. The molecule has 0 aromatic carbocycles. The highest BCUT2D eigenvalue weighted by molar-refractivity contribution is 7.09. The zero-order chi connectivity index (χ0) is 27.4. The van der Waals surface area contributed by atoms with E-state index < -0.39 is 17.3 Å². The van der Waals surface area contributed by atoms with E-state index in [1.165, 1.54) is 17.8 Å². The molecule has 0 aliphatic carbocycles. The van der Waals surface area contributed by atoms with Gasteiger partial charge in [0.1, 0.15) is 5.82 Å². The molecule has 0 atom stereocenters. The van der Waals surface area contributed by atoms with E-state index in [-0.39, 0.29) is 30.5 Å². The summed E-state index contributed by atoms with van der Waals surface area (Å²) in [7, 11) is 0. The molecular weight excluding hydrogens is 518 g/mol. The van der Waals surface area contributed by atoms with Crippen LogP contribution in [0.4, 0.5) is 5.82 Å². The molecule has 0 bridgehead atoms. The van der Waals surface area contributed by atoms with Crippen LogP contribution < -0.4 is 10.2 Å². The van der Waals surface area contributed by atoms with E-state index >= 15 is 0 Å². The lowest BCUT2D eigenvalue weighted by molar-refractivity contribution is -0.140. The van der Waals surface area contributed by atoms with E-state index in [1.807, 2.05) is 11.4 Å². The fraction of sp³-hybridized carbons (Fsp3) is 0.429. The van der Waals surface area contributed by atoms with Crippen molar-refractivity contribution in [1.29, 1.82) is 0 Å². The Morgan fingerprint density at radius 3 is 2.69 bits per heavy atom. The van der Waals surface area contributed by atoms with Gasteiger partial charge in [-0.1, -0.05) is 11.6 Å². The SMILES string of the molecule is O=C(O)CCC(=O)N1C(=O)C2(CCNCC2)Cc2cc(/C=C/C(=O)N3CC=C(Cc4nccs4)CC3)cnc21. The number of aromatic nitrogens is 2. The highest BCUT2D eigenvalue weighted by Crippen LogP contribution is 2.43. The van der Waals surface area contributed by atoms with Gasteiger partial charge in [-0.15, -0.1) is 11.3 Å². The number of hydrogen-bond acceptors (Lipinski definition) is 8. The lowest BCUT2D eigenvalue weighted by atomic mass is 9.71. The molecule has 5 rings (SSSR count). The maximum atomic E-state index is 13.6. The molecule has 39 heavy (non-hydrogen) atoms. The molecule has 10 nitrogen and oxygen atoms in total. The Morgan fingerprint density at radius 1 is 1.18 bits per heavy atom. The number of anilines is 1. The van der Waals surface area contributed by atoms with Gasteiger partial charge in [0.15, 0.2) is 0 Å². The second kappa shape index (κ2) is 11.6. The molecule has 3 aliphatic heterocycles. The van der Waals surface area contributed by atoms with Gasteiger partial charge in [0.2, 0.25) is 17.7 Å². The van der Waals surface area contributed by atoms with Crippen molar-refractivity contribution in [2.75, 3.05) is 31.1 Å². The van der Waals surface area contributed by atoms with Crippen LogP contribution in [0.15, 0.2) is 41.6 Å². The molecule has 2 aromatic rings. The first-order valence-corrected chi connectivity index (χ1v) is 14.0. The number of carboxylic acid groups (broad SMARTS) is 1. The van der Waals surface area contributed by atoms with Gasteiger partial charge in [-0.25, -0.2) is 14.9 Å². The lowest BCUT2D eigenvalue weighted by Gasteiger charge is -2.43. The van der Waals surface area contributed by atoms with E-state index in [0.29, 0.717) is 51.0 Å². The number of aliphatic carboxylic acids is 1. The zero-order valence-electron chi connectivity index (χ0n) is 21.6. The fourth-order valence-corrected chi connectivity index (χ4v) is 6.12. The van der Waals surface area contributed by atoms with Gasteiger partial charge in [0.05, 0.1) is 16.8 Å². The minimum atomic E-state index is -1.09. The number of rotatable bonds is 7. The Kier molecular flexibility index (Phi) is 7.99. The molecular formula is C28H31N5O5S. The number of amides is 3. The summed E-state index contributed by atoms with van der Waals surface area (Å²) in [6, 6.07) is 1.88. The predicted octanol–water partition coefficient (Wildman–Crippen LogP) is 2.60. The van der Waals surface area contributed by atoms with Crippen molar-refractivity contribution in [2.24, 2.45) is 5.41 Å². The highest BCUT2D eigenvalue weighted by Gasteiger charge is 2.49. The van der Waals surface area contributed by atoms with Crippen molar-refractivity contribution in [3.63, 3.8) is 0 Å². The summed E-state index contributed by atoms with van der Waals surface area (Å²) < 4.78 is 0. The first-order chi connectivity index (χ1) is 18.8. The normalized spacial score (nSPS) is 18.8. The summed E-state index contributed by atoms with van der Waals surface area (Å²) in [6.45, 7) is 2.53. The minimum Gasteiger partial charge on any atom is -0.481 e. The third kappa shape index (κ3) is 5.99. The number of fused-ring (bicyclic) bond motifs is 1. The van der Waals surface area contributed by atoms with Crippen molar-refractivity contribution in [3.8, 4) is 0 Å². The quantitative estimate of drug-likeness (QED) is 0.398. The molecule has 0 unspecified atom stereocenters. The second-order valence-electron chi connectivity index (χ2n) is 10.2. The largest absolute Gasteiger partial charge is 0.481 e. The standard InChI is InChI=1S/C28H31N5O5S/c34-23(32-12-5-19(6-13-32)16-22-30-11-14-39-22)2-1-20-15-21-17-28(7-9-29-10-8-28)27(38)33(26(21)31-18-20)24(35)3-4-25(36)37/h1-2,5,11,14-15,18,29H,3-4,6-10,12-13,16-17H2,(H,36,37)/b2-1+. The van der Waals surface area contributed by atoms with E-state index in [2.05, 4.69) is 21.4 Å². The molecule has 2 N–H and O–H groups in total. The van der Waals surface area contributed by atoms with Gasteiger partial charge < -0.3 is 15.3 Å². The van der Waals surface area contributed by atoms with Gasteiger partial charge in [0.25, 0.3) is 0 Å². The fourth-order valence-electron chi connectivity index (χ4n) is 5.45. The summed E-state index contributed by atoms with van der Waals surface area (Å²) >= 11 is 1.63. The number of hydrogen-bond donors (Lipinski definition) is 2. The Morgan fingerprint density at radius 2 is 2.00 bits per heavy atom. The summed E-state index contributed by atoms with van der Waals surface area (Å²) in [4.78, 5) is 62.1. The van der Waals surface area contributed by atoms with Crippen LogP contribution in [-0.2, 0) is 32.0 Å². The Balaban J connectivity index is 1.31. The Hall–Kier alpha value is -3.70. The van der Waals surface area contributed by atoms with Crippen molar-refractivity contribution in [2.45, 2.75) is 44.9 Å². The number of nitrogens with zero attached hydrogens (tertiary/aromatic N) is 4. The minimum absolute atomic E-state index is 0.0900. The predicted molar refractivity (Wildman–Crippen MR) is 146 cm³/mol. The molecule has 11 heteroatoms. The van der Waals surface area contributed by atoms with Crippen LogP contribution in [0.2, 0.25) is 0 Å². The summed E-state index contributed by atoms with van der Waals surface area (Å²) in [5.74, 6) is -1.78. The number of carboxylic acids is 1. The molecule has 204 valence electrons. The van der Waals surface area contributed by atoms with Crippen LogP contribution >= 0.6 is 11.3 Å². The number of carbonyl (C=O) groups excluding carboxylic acids is 3. The second-order valence-corrected chi connectivity index (χ2v) is 11.2. The molecule has 1 spiro atoms. The van der Waals surface area contributed by atoms with Crippen molar-refractivity contribution >= 4 is 46.9 Å². The zero-order valence-corrected chi connectivity index (χ0v) is 22.4. The van der Waals surface area contributed by atoms with Crippen molar-refractivity contribution in [1.82, 2.24) is 20.2 Å². The molecule has 0 radical (unpaired) electrons.